The van der Waals surface area contributed by atoms with Crippen LogP contribution >= 0.6 is 0 Å². The van der Waals surface area contributed by atoms with Gasteiger partial charge < -0.3 is 15.5 Å². The quantitative estimate of drug-likeness (QED) is 0.598. The van der Waals surface area contributed by atoms with E-state index < -0.39 is 29.1 Å². The lowest BCUT2D eigenvalue weighted by molar-refractivity contribution is -0.131. The van der Waals surface area contributed by atoms with Crippen molar-refractivity contribution in [1.29, 1.82) is 0 Å². The molecule has 1 unspecified atom stereocenters. The van der Waals surface area contributed by atoms with Crippen LogP contribution < -0.4 is 16.8 Å². The fraction of sp³-hybridized carbons (Fsp3) is 0.238. The van der Waals surface area contributed by atoms with E-state index in [1.165, 1.54) is 10.6 Å². The molecule has 30 heavy (non-hydrogen) atoms. The van der Waals surface area contributed by atoms with Gasteiger partial charge in [0.1, 0.15) is 5.54 Å². The number of nitrogens with one attached hydrogen (secondary N) is 1. The Morgan fingerprint density at radius 3 is 2.63 bits per heavy atom. The summed E-state index contributed by atoms with van der Waals surface area (Å²) in [7, 11) is 0. The van der Waals surface area contributed by atoms with E-state index in [4.69, 9.17) is 10.2 Å². The Morgan fingerprint density at radius 2 is 1.87 bits per heavy atom. The summed E-state index contributed by atoms with van der Waals surface area (Å²) in [5, 5.41) is 2.70. The third kappa shape index (κ3) is 3.14. The van der Waals surface area contributed by atoms with Gasteiger partial charge in [-0.2, -0.15) is 0 Å². The van der Waals surface area contributed by atoms with Crippen LogP contribution in [0.25, 0.3) is 11.1 Å². The third-order valence-electron chi connectivity index (χ3n) is 5.34. The zero-order valence-corrected chi connectivity index (χ0v) is 16.3. The van der Waals surface area contributed by atoms with Gasteiger partial charge in [0.15, 0.2) is 5.58 Å². The lowest BCUT2D eigenvalue weighted by atomic mass is 9.90. The second kappa shape index (κ2) is 7.18. The van der Waals surface area contributed by atoms with Crippen molar-refractivity contribution >= 4 is 28.9 Å². The highest BCUT2D eigenvalue weighted by Crippen LogP contribution is 2.29. The van der Waals surface area contributed by atoms with E-state index in [0.29, 0.717) is 29.6 Å². The number of imide groups is 1. The largest absolute Gasteiger partial charge is 0.419 e. The molecule has 1 aliphatic rings. The molecule has 0 bridgehead atoms. The molecule has 2 aromatic carbocycles. The number of urea groups is 1. The van der Waals surface area contributed by atoms with E-state index in [0.717, 1.165) is 4.90 Å². The number of hydrogen-bond acceptors (Lipinski definition) is 5. The highest BCUT2D eigenvalue weighted by molar-refractivity contribution is 6.07. The van der Waals surface area contributed by atoms with Crippen LogP contribution in [0.5, 0.6) is 0 Å². The molecule has 2 heterocycles. The summed E-state index contributed by atoms with van der Waals surface area (Å²) in [6.07, 6.45) is 0.375. The number of amides is 4. The van der Waals surface area contributed by atoms with Crippen molar-refractivity contribution in [3.8, 4) is 0 Å². The SMILES string of the molecule is CC1(c2cccc(C(N)=O)c2)NC(=O)N(CCCn2c(=O)oc3ccccc32)C1=O. The number of aryl methyl sites for hydroxylation is 1. The van der Waals surface area contributed by atoms with Gasteiger partial charge in [-0.1, -0.05) is 24.3 Å². The van der Waals surface area contributed by atoms with E-state index in [-0.39, 0.29) is 12.1 Å². The molecule has 154 valence electrons. The summed E-state index contributed by atoms with van der Waals surface area (Å²) in [6.45, 7) is 2.00. The summed E-state index contributed by atoms with van der Waals surface area (Å²) >= 11 is 0. The van der Waals surface area contributed by atoms with Crippen LogP contribution in [0.2, 0.25) is 0 Å². The number of carbonyl (C=O) groups is 3. The molecule has 1 saturated heterocycles. The number of hydrogen-bond donors (Lipinski definition) is 2. The summed E-state index contributed by atoms with van der Waals surface area (Å²) in [4.78, 5) is 50.2. The number of fused-ring (bicyclic) bond motifs is 1. The Kier molecular flexibility index (Phi) is 4.65. The van der Waals surface area contributed by atoms with Crippen molar-refractivity contribution in [2.45, 2.75) is 25.4 Å². The molecule has 3 N–H and O–H groups in total. The highest BCUT2D eigenvalue weighted by Gasteiger charge is 2.48. The maximum Gasteiger partial charge on any atom is 0.419 e. The molecule has 1 aromatic heterocycles. The first-order valence-corrected chi connectivity index (χ1v) is 9.44. The molecule has 9 nitrogen and oxygen atoms in total. The van der Waals surface area contributed by atoms with Crippen LogP contribution in [0.1, 0.15) is 29.3 Å². The molecular formula is C21H20N4O5. The number of nitrogens with two attached hydrogens (primary N) is 1. The maximum absolute atomic E-state index is 13.0. The number of carbonyl (C=O) groups excluding carboxylic acids is 3. The molecule has 9 heteroatoms. The molecule has 0 aliphatic carbocycles. The Labute approximate surface area is 171 Å². The zero-order valence-electron chi connectivity index (χ0n) is 16.3. The topological polar surface area (TPSA) is 128 Å². The predicted octanol–water partition coefficient (Wildman–Crippen LogP) is 1.55. The zero-order chi connectivity index (χ0) is 21.5. The minimum absolute atomic E-state index is 0.127. The van der Waals surface area contributed by atoms with Crippen LogP contribution in [-0.4, -0.2) is 33.9 Å². The molecule has 4 amide bonds. The smallest absolute Gasteiger partial charge is 0.408 e. The fourth-order valence-corrected chi connectivity index (χ4v) is 3.69. The Balaban J connectivity index is 1.50. The van der Waals surface area contributed by atoms with Gasteiger partial charge in [-0.25, -0.2) is 9.59 Å². The van der Waals surface area contributed by atoms with E-state index >= 15 is 0 Å². The first kappa shape index (κ1) is 19.4. The van der Waals surface area contributed by atoms with Crippen molar-refractivity contribution in [1.82, 2.24) is 14.8 Å². The van der Waals surface area contributed by atoms with E-state index in [9.17, 15) is 19.2 Å². The molecule has 4 rings (SSSR count). The average molecular weight is 408 g/mol. The lowest BCUT2D eigenvalue weighted by Gasteiger charge is -2.22. The van der Waals surface area contributed by atoms with Crippen LogP contribution in [0, 0.1) is 0 Å². The standard InChI is InChI=1S/C21H20N4O5/c1-21(14-7-4-6-13(12-14)17(22)26)18(27)25(19(28)23-21)11-5-10-24-15-8-2-3-9-16(15)30-20(24)29/h2-4,6-9,12H,5,10-11H2,1H3,(H2,22,26)(H,23,28). The van der Waals surface area contributed by atoms with Crippen molar-refractivity contribution in [2.75, 3.05) is 6.54 Å². The van der Waals surface area contributed by atoms with E-state index in [2.05, 4.69) is 5.32 Å². The van der Waals surface area contributed by atoms with Crippen molar-refractivity contribution in [3.63, 3.8) is 0 Å². The molecule has 0 saturated carbocycles. The Hall–Kier alpha value is -3.88. The monoisotopic (exact) mass is 408 g/mol. The van der Waals surface area contributed by atoms with Gasteiger partial charge in [-0.3, -0.25) is 19.1 Å². The van der Waals surface area contributed by atoms with Gasteiger partial charge in [-0.15, -0.1) is 0 Å². The number of nitrogens with zero attached hydrogens (tertiary/aromatic N) is 2. The van der Waals surface area contributed by atoms with Crippen molar-refractivity contribution in [3.05, 3.63) is 70.2 Å². The first-order valence-electron chi connectivity index (χ1n) is 9.44. The average Bonchev–Trinajstić information content (AvgIpc) is 3.16. The summed E-state index contributed by atoms with van der Waals surface area (Å²) in [5.41, 5.74) is 5.88. The molecule has 1 aliphatic heterocycles. The lowest BCUT2D eigenvalue weighted by Crippen LogP contribution is -2.41. The first-order chi connectivity index (χ1) is 14.3. The number of para-hydroxylation sites is 2. The highest BCUT2D eigenvalue weighted by atomic mass is 16.4. The number of aromatic nitrogens is 1. The molecule has 1 atom stereocenters. The van der Waals surface area contributed by atoms with Gasteiger partial charge in [0.25, 0.3) is 5.91 Å². The molecule has 0 spiro atoms. The number of oxazole rings is 1. The van der Waals surface area contributed by atoms with Crippen molar-refractivity contribution < 1.29 is 18.8 Å². The van der Waals surface area contributed by atoms with E-state index in [1.54, 1.807) is 49.4 Å². The van der Waals surface area contributed by atoms with Gasteiger partial charge in [0.05, 0.1) is 5.52 Å². The molecule has 1 fully saturated rings. The maximum atomic E-state index is 13.0. The minimum Gasteiger partial charge on any atom is -0.408 e. The summed E-state index contributed by atoms with van der Waals surface area (Å²) in [6, 6.07) is 12.8. The second-order valence-corrected chi connectivity index (χ2v) is 7.30. The van der Waals surface area contributed by atoms with Crippen LogP contribution in [0.4, 0.5) is 4.79 Å². The molecule has 3 aromatic rings. The molecular weight excluding hydrogens is 388 g/mol. The molecule has 0 radical (unpaired) electrons. The predicted molar refractivity (Wildman–Crippen MR) is 108 cm³/mol. The number of primary amides is 1. The Morgan fingerprint density at radius 1 is 1.10 bits per heavy atom. The Bertz CT molecular complexity index is 1230. The van der Waals surface area contributed by atoms with Crippen LogP contribution in [0.15, 0.2) is 57.7 Å². The second-order valence-electron chi connectivity index (χ2n) is 7.30. The van der Waals surface area contributed by atoms with Gasteiger partial charge in [0, 0.05) is 18.7 Å². The van der Waals surface area contributed by atoms with Gasteiger partial charge in [0.2, 0.25) is 5.91 Å². The number of rotatable bonds is 6. The fourth-order valence-electron chi connectivity index (χ4n) is 3.69. The third-order valence-corrected chi connectivity index (χ3v) is 5.34. The van der Waals surface area contributed by atoms with Gasteiger partial charge in [-0.05, 0) is 43.2 Å². The van der Waals surface area contributed by atoms with Crippen LogP contribution in [-0.2, 0) is 16.9 Å². The van der Waals surface area contributed by atoms with E-state index in [1.807, 2.05) is 0 Å². The van der Waals surface area contributed by atoms with Crippen LogP contribution in [0.3, 0.4) is 0 Å². The summed E-state index contributed by atoms with van der Waals surface area (Å²) < 4.78 is 6.67. The minimum atomic E-state index is -1.30. The normalized spacial score (nSPS) is 18.8. The summed E-state index contributed by atoms with van der Waals surface area (Å²) in [5.74, 6) is -1.54. The van der Waals surface area contributed by atoms with Crippen molar-refractivity contribution in [2.24, 2.45) is 5.73 Å². The van der Waals surface area contributed by atoms with Gasteiger partial charge >= 0.3 is 11.8 Å². The number of benzene rings is 2.